The molecular weight excluding hydrogens is 749 g/mol. The van der Waals surface area contributed by atoms with E-state index in [-0.39, 0.29) is 0 Å². The lowest BCUT2D eigenvalue weighted by Gasteiger charge is -2.14. The average molecular weight is 787 g/mol. The molecule has 9 aromatic carbocycles. The Morgan fingerprint density at radius 3 is 1.75 bits per heavy atom. The minimum absolute atomic E-state index is 0.574. The number of nitrogens with zero attached hydrogens (tertiary/aromatic N) is 4. The molecule has 0 radical (unpaired) electrons. The van der Waals surface area contributed by atoms with Crippen LogP contribution in [-0.2, 0) is 0 Å². The minimum atomic E-state index is 0.574. The van der Waals surface area contributed by atoms with Gasteiger partial charge >= 0.3 is 0 Å². The van der Waals surface area contributed by atoms with Crippen molar-refractivity contribution in [2.75, 3.05) is 0 Å². The van der Waals surface area contributed by atoms with Crippen molar-refractivity contribution in [3.8, 4) is 51.0 Å². The number of hydrogen-bond acceptors (Lipinski definition) is 4. The highest BCUT2D eigenvalue weighted by atomic mass is 32.1. The molecule has 0 saturated carbocycles. The topological polar surface area (TPSA) is 43.6 Å². The van der Waals surface area contributed by atoms with Gasteiger partial charge in [0.25, 0.3) is 0 Å². The van der Waals surface area contributed by atoms with Crippen LogP contribution in [-0.4, -0.2) is 19.5 Å². The van der Waals surface area contributed by atoms with Gasteiger partial charge in [0, 0.05) is 47.6 Å². The molecule has 284 valence electrons. The fourth-order valence-electron chi connectivity index (χ4n) is 8.67. The van der Waals surface area contributed by atoms with Crippen LogP contribution in [0.2, 0.25) is 0 Å². The molecule has 3 aromatic heterocycles. The highest BCUT2D eigenvalue weighted by molar-refractivity contribution is 7.25. The molecule has 5 heteroatoms. The maximum absolute atomic E-state index is 5.40. The van der Waals surface area contributed by atoms with Crippen molar-refractivity contribution in [1.29, 1.82) is 0 Å². The Kier molecular flexibility index (Phi) is 8.75. The number of fused-ring (bicyclic) bond motifs is 8. The van der Waals surface area contributed by atoms with Gasteiger partial charge in [0.05, 0.1) is 11.0 Å². The largest absolute Gasteiger partial charge is 0.277 e. The van der Waals surface area contributed by atoms with Crippen LogP contribution in [0.15, 0.2) is 194 Å². The SMILES string of the molecule is CC.c1ccc(-c2ccc(-c3nc(-c4ccc5ccccc5c4)nc(-n4c5cc6ccccc6cc5c5cccc(-c6cccc7sc8ccccc8c67)c54)n3)cc2)cc1. The Balaban J connectivity index is 0.00000201. The first kappa shape index (κ1) is 35.7. The molecule has 12 aromatic rings. The normalized spacial score (nSPS) is 11.5. The molecule has 0 unspecified atom stereocenters. The molecule has 0 spiro atoms. The van der Waals surface area contributed by atoms with Gasteiger partial charge in [-0.05, 0) is 68.6 Å². The summed E-state index contributed by atoms with van der Waals surface area (Å²) in [5.74, 6) is 1.81. The molecule has 0 aliphatic rings. The first-order valence-corrected chi connectivity index (χ1v) is 21.3. The maximum atomic E-state index is 5.40. The lowest BCUT2D eigenvalue weighted by Crippen LogP contribution is -2.07. The quantitative estimate of drug-likeness (QED) is 0.174. The van der Waals surface area contributed by atoms with E-state index in [0.29, 0.717) is 17.6 Å². The maximum Gasteiger partial charge on any atom is 0.238 e. The Morgan fingerprint density at radius 2 is 0.950 bits per heavy atom. The Morgan fingerprint density at radius 1 is 0.383 bits per heavy atom. The van der Waals surface area contributed by atoms with E-state index in [2.05, 4.69) is 193 Å². The Hall–Kier alpha value is -7.47. The fourth-order valence-corrected chi connectivity index (χ4v) is 9.80. The molecule has 12 rings (SSSR count). The summed E-state index contributed by atoms with van der Waals surface area (Å²) in [7, 11) is 0. The Bertz CT molecular complexity index is 3560. The van der Waals surface area contributed by atoms with Gasteiger partial charge in [-0.15, -0.1) is 11.3 Å². The number of para-hydroxylation sites is 1. The lowest BCUT2D eigenvalue weighted by molar-refractivity contribution is 0.954. The molecule has 60 heavy (non-hydrogen) atoms. The van der Waals surface area contributed by atoms with Crippen LogP contribution >= 0.6 is 11.3 Å². The van der Waals surface area contributed by atoms with Gasteiger partial charge in [-0.3, -0.25) is 4.57 Å². The zero-order valence-electron chi connectivity index (χ0n) is 33.2. The van der Waals surface area contributed by atoms with Crippen molar-refractivity contribution < 1.29 is 0 Å². The fraction of sp³-hybridized carbons (Fsp3) is 0.0364. The van der Waals surface area contributed by atoms with E-state index in [4.69, 9.17) is 15.0 Å². The smallest absolute Gasteiger partial charge is 0.238 e. The van der Waals surface area contributed by atoms with Crippen molar-refractivity contribution in [3.05, 3.63) is 194 Å². The highest BCUT2D eigenvalue weighted by Crippen LogP contribution is 2.45. The summed E-state index contributed by atoms with van der Waals surface area (Å²) >= 11 is 1.84. The third-order valence-electron chi connectivity index (χ3n) is 11.4. The molecule has 4 nitrogen and oxygen atoms in total. The van der Waals surface area contributed by atoms with E-state index in [1.807, 2.05) is 31.3 Å². The number of aromatic nitrogens is 4. The number of benzene rings is 9. The summed E-state index contributed by atoms with van der Waals surface area (Å²) in [4.78, 5) is 16.0. The summed E-state index contributed by atoms with van der Waals surface area (Å²) in [5, 5.41) is 9.50. The molecule has 0 aliphatic carbocycles. The first-order valence-electron chi connectivity index (χ1n) is 20.5. The molecule has 0 aliphatic heterocycles. The Labute approximate surface area is 351 Å². The summed E-state index contributed by atoms with van der Waals surface area (Å²) in [6.45, 7) is 4.00. The number of rotatable bonds is 5. The molecule has 0 bridgehead atoms. The van der Waals surface area contributed by atoms with E-state index >= 15 is 0 Å². The van der Waals surface area contributed by atoms with Gasteiger partial charge in [-0.2, -0.15) is 9.97 Å². The van der Waals surface area contributed by atoms with Gasteiger partial charge in [0.15, 0.2) is 11.6 Å². The van der Waals surface area contributed by atoms with Gasteiger partial charge in [-0.1, -0.05) is 178 Å². The van der Waals surface area contributed by atoms with E-state index in [9.17, 15) is 0 Å². The van der Waals surface area contributed by atoms with Gasteiger partial charge in [-0.25, -0.2) is 4.98 Å². The van der Waals surface area contributed by atoms with Crippen molar-refractivity contribution >= 4 is 74.9 Å². The molecule has 0 amide bonds. The molecular formula is C55H38N4S. The summed E-state index contributed by atoms with van der Waals surface area (Å²) in [6, 6.07) is 69.2. The predicted octanol–water partition coefficient (Wildman–Crippen LogP) is 15.3. The summed E-state index contributed by atoms with van der Waals surface area (Å²) in [5.41, 5.74) is 8.60. The minimum Gasteiger partial charge on any atom is -0.277 e. The third kappa shape index (κ3) is 5.93. The van der Waals surface area contributed by atoms with Crippen molar-refractivity contribution in [1.82, 2.24) is 19.5 Å². The first-order chi connectivity index (χ1) is 29.7. The second kappa shape index (κ2) is 14.7. The molecule has 0 fully saturated rings. The number of hydrogen-bond donors (Lipinski definition) is 0. The highest BCUT2D eigenvalue weighted by Gasteiger charge is 2.23. The van der Waals surface area contributed by atoms with Gasteiger partial charge in [0.2, 0.25) is 5.95 Å². The third-order valence-corrected chi connectivity index (χ3v) is 12.6. The van der Waals surface area contributed by atoms with Crippen LogP contribution in [0, 0.1) is 0 Å². The van der Waals surface area contributed by atoms with Gasteiger partial charge in [0.1, 0.15) is 0 Å². The van der Waals surface area contributed by atoms with E-state index in [0.717, 1.165) is 54.8 Å². The molecule has 0 N–H and O–H groups in total. The van der Waals surface area contributed by atoms with Crippen LogP contribution in [0.3, 0.4) is 0 Å². The summed E-state index contributed by atoms with van der Waals surface area (Å²) < 4.78 is 4.84. The van der Waals surface area contributed by atoms with Crippen molar-refractivity contribution in [3.63, 3.8) is 0 Å². The van der Waals surface area contributed by atoms with Crippen LogP contribution < -0.4 is 0 Å². The predicted molar refractivity (Wildman–Crippen MR) is 255 cm³/mol. The zero-order chi connectivity index (χ0) is 40.2. The second-order valence-corrected chi connectivity index (χ2v) is 15.9. The monoisotopic (exact) mass is 786 g/mol. The average Bonchev–Trinajstić information content (AvgIpc) is 3.87. The molecule has 0 atom stereocenters. The van der Waals surface area contributed by atoms with Crippen LogP contribution in [0.25, 0.3) is 115 Å². The van der Waals surface area contributed by atoms with Crippen molar-refractivity contribution in [2.45, 2.75) is 13.8 Å². The molecule has 3 heterocycles. The second-order valence-electron chi connectivity index (χ2n) is 14.8. The van der Waals surface area contributed by atoms with Crippen LogP contribution in [0.5, 0.6) is 0 Å². The summed E-state index contributed by atoms with van der Waals surface area (Å²) in [6.07, 6.45) is 0. The lowest BCUT2D eigenvalue weighted by atomic mass is 9.97. The van der Waals surface area contributed by atoms with E-state index < -0.39 is 0 Å². The van der Waals surface area contributed by atoms with Crippen LogP contribution in [0.1, 0.15) is 13.8 Å². The molecule has 0 saturated heterocycles. The standard InChI is InChI=1S/C53H32N4S.C2H6/c1-2-12-33(13-3-1)35-24-27-36(28-25-35)51-54-52(40-29-26-34-14-4-5-15-37(34)30-40)56-53(55-51)57-46-32-39-17-7-6-16-38(39)31-45(46)43-21-10-20-42(50(43)57)41-19-11-23-48-49(41)44-18-8-9-22-47(44)58-48;1-2/h1-32H;1-2H3. The van der Waals surface area contributed by atoms with Crippen molar-refractivity contribution in [2.24, 2.45) is 0 Å². The zero-order valence-corrected chi connectivity index (χ0v) is 34.0. The van der Waals surface area contributed by atoms with Gasteiger partial charge < -0.3 is 0 Å². The number of thiophene rings is 1. The van der Waals surface area contributed by atoms with E-state index in [1.165, 1.54) is 42.1 Å². The van der Waals surface area contributed by atoms with Crippen LogP contribution in [0.4, 0.5) is 0 Å². The van der Waals surface area contributed by atoms with E-state index in [1.54, 1.807) is 0 Å².